The summed E-state index contributed by atoms with van der Waals surface area (Å²) in [6.45, 7) is 3.32. The Morgan fingerprint density at radius 1 is 0.893 bits per heavy atom. The van der Waals surface area contributed by atoms with Crippen molar-refractivity contribution in [2.75, 3.05) is 41.3 Å². The number of halogens is 1. The fourth-order valence-electron chi connectivity index (χ4n) is 3.08. The molecule has 1 aromatic carbocycles. The molecule has 7 nitrogen and oxygen atoms in total. The topological polar surface area (TPSA) is 74.2 Å². The number of pyridine rings is 1. The van der Waals surface area contributed by atoms with Gasteiger partial charge in [0.2, 0.25) is 5.95 Å². The van der Waals surface area contributed by atoms with Gasteiger partial charge in [0.15, 0.2) is 0 Å². The van der Waals surface area contributed by atoms with E-state index in [-0.39, 0.29) is 5.91 Å². The molecule has 3 aromatic rings. The number of piperazine rings is 1. The lowest BCUT2D eigenvalue weighted by Crippen LogP contribution is -2.47. The number of aromatic nitrogens is 3. The predicted molar refractivity (Wildman–Crippen MR) is 110 cm³/mol. The van der Waals surface area contributed by atoms with Crippen molar-refractivity contribution in [2.24, 2.45) is 0 Å². The second kappa shape index (κ2) is 8.22. The molecule has 4 rings (SSSR count). The Balaban J connectivity index is 1.36. The minimum absolute atomic E-state index is 0.253. The largest absolute Gasteiger partial charge is 0.353 e. The van der Waals surface area contributed by atoms with Gasteiger partial charge in [-0.05, 0) is 30.3 Å². The van der Waals surface area contributed by atoms with E-state index in [1.54, 1.807) is 42.9 Å². The molecule has 142 valence electrons. The minimum Gasteiger partial charge on any atom is -0.353 e. The zero-order valence-electron chi connectivity index (χ0n) is 15.1. The number of hydrogen-bond donors (Lipinski definition) is 1. The predicted octanol–water partition coefficient (Wildman–Crippen LogP) is 3.10. The van der Waals surface area contributed by atoms with Crippen molar-refractivity contribution in [1.29, 1.82) is 0 Å². The quantitative estimate of drug-likeness (QED) is 0.733. The molecule has 0 bridgehead atoms. The van der Waals surface area contributed by atoms with E-state index in [2.05, 4.69) is 30.1 Å². The maximum absolute atomic E-state index is 12.3. The van der Waals surface area contributed by atoms with Crippen LogP contribution in [0.2, 0.25) is 5.02 Å². The third-order valence-corrected chi connectivity index (χ3v) is 4.89. The molecule has 1 N–H and O–H groups in total. The lowest BCUT2D eigenvalue weighted by Gasteiger charge is -2.35. The molecule has 28 heavy (non-hydrogen) atoms. The molecule has 0 saturated carbocycles. The van der Waals surface area contributed by atoms with Crippen LogP contribution in [0.4, 0.5) is 17.5 Å². The first kappa shape index (κ1) is 18.2. The van der Waals surface area contributed by atoms with Gasteiger partial charge in [0, 0.05) is 38.6 Å². The fraction of sp³-hybridized carbons (Fsp3) is 0.200. The third kappa shape index (κ3) is 4.04. The molecule has 1 fully saturated rings. The van der Waals surface area contributed by atoms with Gasteiger partial charge in [-0.25, -0.2) is 15.0 Å². The van der Waals surface area contributed by atoms with Crippen molar-refractivity contribution >= 4 is 35.0 Å². The van der Waals surface area contributed by atoms with Gasteiger partial charge in [-0.2, -0.15) is 0 Å². The average molecular weight is 395 g/mol. The molecular formula is C20H19ClN6O. The number of amides is 1. The van der Waals surface area contributed by atoms with E-state index in [9.17, 15) is 4.79 Å². The Hall–Kier alpha value is -3.19. The first-order valence-corrected chi connectivity index (χ1v) is 9.37. The van der Waals surface area contributed by atoms with Crippen molar-refractivity contribution in [3.05, 3.63) is 71.6 Å². The minimum atomic E-state index is -0.253. The maximum atomic E-state index is 12.3. The van der Waals surface area contributed by atoms with Gasteiger partial charge in [-0.15, -0.1) is 0 Å². The monoisotopic (exact) mass is 394 g/mol. The molecule has 0 radical (unpaired) electrons. The van der Waals surface area contributed by atoms with E-state index in [1.807, 2.05) is 18.2 Å². The molecule has 1 amide bonds. The zero-order chi connectivity index (χ0) is 19.3. The van der Waals surface area contributed by atoms with Crippen LogP contribution in [-0.4, -0.2) is 47.0 Å². The van der Waals surface area contributed by atoms with Gasteiger partial charge >= 0.3 is 0 Å². The highest BCUT2D eigenvalue weighted by molar-refractivity contribution is 6.34. The van der Waals surface area contributed by atoms with Crippen molar-refractivity contribution in [2.45, 2.75) is 0 Å². The first-order valence-electron chi connectivity index (χ1n) is 8.99. The summed E-state index contributed by atoms with van der Waals surface area (Å²) in [5, 5.41) is 3.25. The van der Waals surface area contributed by atoms with E-state index in [4.69, 9.17) is 11.6 Å². The van der Waals surface area contributed by atoms with Gasteiger partial charge in [0.25, 0.3) is 5.91 Å². The number of benzene rings is 1. The number of carbonyl (C=O) groups is 1. The van der Waals surface area contributed by atoms with Crippen molar-refractivity contribution in [1.82, 2.24) is 15.0 Å². The van der Waals surface area contributed by atoms with E-state index < -0.39 is 0 Å². The van der Waals surface area contributed by atoms with Gasteiger partial charge in [-0.1, -0.05) is 23.7 Å². The highest BCUT2D eigenvalue weighted by atomic mass is 35.5. The molecule has 8 heteroatoms. The molecule has 0 unspecified atom stereocenters. The summed E-state index contributed by atoms with van der Waals surface area (Å²) in [4.78, 5) is 29.8. The molecular weight excluding hydrogens is 376 g/mol. The first-order chi connectivity index (χ1) is 13.7. The van der Waals surface area contributed by atoms with Crippen LogP contribution in [0.5, 0.6) is 0 Å². The molecule has 3 heterocycles. The van der Waals surface area contributed by atoms with Crippen LogP contribution in [0.15, 0.2) is 61.1 Å². The number of nitrogens with zero attached hydrogens (tertiary/aromatic N) is 5. The second-order valence-electron chi connectivity index (χ2n) is 6.36. The second-order valence-corrected chi connectivity index (χ2v) is 6.77. The van der Waals surface area contributed by atoms with Crippen LogP contribution in [0.25, 0.3) is 0 Å². The third-order valence-electron chi connectivity index (χ3n) is 4.56. The van der Waals surface area contributed by atoms with Crippen LogP contribution in [0.3, 0.4) is 0 Å². The molecule has 1 aliphatic rings. The van der Waals surface area contributed by atoms with Crippen LogP contribution >= 0.6 is 11.6 Å². The van der Waals surface area contributed by atoms with Gasteiger partial charge in [-0.3, -0.25) is 4.79 Å². The lowest BCUT2D eigenvalue weighted by molar-refractivity contribution is 0.102. The zero-order valence-corrected chi connectivity index (χ0v) is 15.9. The lowest BCUT2D eigenvalue weighted by atomic mass is 10.2. The van der Waals surface area contributed by atoms with E-state index in [1.165, 1.54) is 0 Å². The summed E-state index contributed by atoms with van der Waals surface area (Å²) in [5.41, 5.74) is 1.07. The molecule has 0 aliphatic carbocycles. The summed E-state index contributed by atoms with van der Waals surface area (Å²) in [7, 11) is 0. The number of carbonyl (C=O) groups excluding carboxylic acids is 1. The Morgan fingerprint density at radius 2 is 1.61 bits per heavy atom. The Labute approximate surface area is 168 Å². The highest BCUT2D eigenvalue weighted by Gasteiger charge is 2.19. The fourth-order valence-corrected chi connectivity index (χ4v) is 3.30. The normalized spacial score (nSPS) is 14.0. The number of rotatable bonds is 4. The Bertz CT molecular complexity index is 942. The van der Waals surface area contributed by atoms with Crippen molar-refractivity contribution < 1.29 is 4.79 Å². The van der Waals surface area contributed by atoms with Gasteiger partial charge in [0.05, 0.1) is 22.5 Å². The maximum Gasteiger partial charge on any atom is 0.257 e. The smallest absolute Gasteiger partial charge is 0.257 e. The van der Waals surface area contributed by atoms with Crippen LogP contribution in [-0.2, 0) is 0 Å². The van der Waals surface area contributed by atoms with Crippen molar-refractivity contribution in [3.8, 4) is 0 Å². The van der Waals surface area contributed by atoms with Crippen LogP contribution in [0.1, 0.15) is 10.4 Å². The summed E-state index contributed by atoms with van der Waals surface area (Å²) >= 11 is 6.07. The van der Waals surface area contributed by atoms with Crippen LogP contribution < -0.4 is 15.1 Å². The number of nitrogens with one attached hydrogen (secondary N) is 1. The van der Waals surface area contributed by atoms with E-state index >= 15 is 0 Å². The summed E-state index contributed by atoms with van der Waals surface area (Å²) in [6, 6.07) is 12.5. The Kier molecular flexibility index (Phi) is 5.34. The summed E-state index contributed by atoms with van der Waals surface area (Å²) in [6.07, 6.45) is 5.18. The summed E-state index contributed by atoms with van der Waals surface area (Å²) < 4.78 is 0. The molecule has 1 aliphatic heterocycles. The van der Waals surface area contributed by atoms with E-state index in [0.29, 0.717) is 16.3 Å². The van der Waals surface area contributed by atoms with Gasteiger partial charge < -0.3 is 15.1 Å². The number of anilines is 3. The molecule has 0 spiro atoms. The summed E-state index contributed by atoms with van der Waals surface area (Å²) in [5.74, 6) is 1.38. The van der Waals surface area contributed by atoms with Gasteiger partial charge in [0.1, 0.15) is 5.82 Å². The average Bonchev–Trinajstić information content (AvgIpc) is 2.75. The van der Waals surface area contributed by atoms with E-state index in [0.717, 1.165) is 37.9 Å². The number of hydrogen-bond acceptors (Lipinski definition) is 6. The standard InChI is InChI=1S/C20H19ClN6O/c21-17-5-2-1-4-16(17)19(28)25-15-6-7-18(24-14-15)26-10-12-27(13-11-26)20-22-8-3-9-23-20/h1-9,14H,10-13H2,(H,25,28). The molecule has 1 saturated heterocycles. The Morgan fingerprint density at radius 3 is 2.29 bits per heavy atom. The molecule has 0 atom stereocenters. The SMILES string of the molecule is O=C(Nc1ccc(N2CCN(c3ncccn3)CC2)nc1)c1ccccc1Cl. The van der Waals surface area contributed by atoms with Crippen LogP contribution in [0, 0.1) is 0 Å². The highest BCUT2D eigenvalue weighted by Crippen LogP contribution is 2.20. The molecule has 2 aromatic heterocycles. The van der Waals surface area contributed by atoms with Crippen molar-refractivity contribution in [3.63, 3.8) is 0 Å².